The zero-order valence-electron chi connectivity index (χ0n) is 10.9. The summed E-state index contributed by atoms with van der Waals surface area (Å²) in [6, 6.07) is 7.04. The fourth-order valence-electron chi connectivity index (χ4n) is 1.73. The molecule has 1 aromatic heterocycles. The molecule has 0 amide bonds. The topological polar surface area (TPSA) is 46.2 Å². The number of alkyl halides is 2. The van der Waals surface area contributed by atoms with Crippen molar-refractivity contribution < 1.29 is 17.2 Å². The normalized spacial score (nSPS) is 13.4. The molecule has 0 bridgehead atoms. The Hall–Kier alpha value is -1.18. The zero-order chi connectivity index (χ0) is 15.6. The molecule has 0 radical (unpaired) electrons. The van der Waals surface area contributed by atoms with Crippen molar-refractivity contribution in [2.24, 2.45) is 0 Å². The van der Waals surface area contributed by atoms with Crippen molar-refractivity contribution in [1.29, 1.82) is 0 Å². The van der Waals surface area contributed by atoms with E-state index in [-0.39, 0.29) is 6.04 Å². The maximum Gasteiger partial charge on any atom is 0.341 e. The molecule has 2 aromatic rings. The molecule has 1 unspecified atom stereocenters. The highest BCUT2D eigenvalue weighted by molar-refractivity contribution is 7.91. The number of hydrogen-bond acceptors (Lipinski definition) is 4. The molecule has 0 aliphatic heterocycles. The van der Waals surface area contributed by atoms with Gasteiger partial charge in [0.1, 0.15) is 0 Å². The lowest BCUT2D eigenvalue weighted by Crippen LogP contribution is -2.11. The average Bonchev–Trinajstić information content (AvgIpc) is 2.86. The van der Waals surface area contributed by atoms with Gasteiger partial charge >= 0.3 is 5.76 Å². The summed E-state index contributed by atoms with van der Waals surface area (Å²) in [7, 11) is -4.55. The van der Waals surface area contributed by atoms with Crippen LogP contribution in [-0.4, -0.2) is 14.2 Å². The Kier molecular flexibility index (Phi) is 4.85. The number of rotatable bonds is 5. The van der Waals surface area contributed by atoms with Gasteiger partial charge in [0.25, 0.3) is 0 Å². The lowest BCUT2D eigenvalue weighted by atomic mass is 10.1. The number of hydrogen-bond donors (Lipinski definition) is 1. The van der Waals surface area contributed by atoms with Crippen molar-refractivity contribution in [2.45, 2.75) is 23.6 Å². The summed E-state index contributed by atoms with van der Waals surface area (Å²) in [6.07, 6.45) is 0. The molecule has 0 aliphatic rings. The summed E-state index contributed by atoms with van der Waals surface area (Å²) >= 11 is 7.28. The van der Waals surface area contributed by atoms with E-state index in [1.807, 2.05) is 18.4 Å². The van der Waals surface area contributed by atoms with Crippen molar-refractivity contribution in [3.05, 3.63) is 45.6 Å². The van der Waals surface area contributed by atoms with Crippen LogP contribution >= 0.6 is 22.9 Å². The Balaban J connectivity index is 2.13. The minimum absolute atomic E-state index is 0.0358. The maximum absolute atomic E-state index is 12.4. The number of nitrogens with one attached hydrogen (secondary N) is 1. The quantitative estimate of drug-likeness (QED) is 0.858. The van der Waals surface area contributed by atoms with Crippen LogP contribution in [0, 0.1) is 0 Å². The van der Waals surface area contributed by atoms with E-state index >= 15 is 0 Å². The summed E-state index contributed by atoms with van der Waals surface area (Å²) < 4.78 is 48.1. The highest BCUT2D eigenvalue weighted by Gasteiger charge is 2.26. The van der Waals surface area contributed by atoms with Gasteiger partial charge in [-0.1, -0.05) is 11.6 Å². The van der Waals surface area contributed by atoms with Gasteiger partial charge in [0.15, 0.2) is 0 Å². The Labute approximate surface area is 130 Å². The second-order valence-corrected chi connectivity index (χ2v) is 7.84. The third-order valence-corrected chi connectivity index (χ3v) is 5.40. The molecule has 114 valence electrons. The molecule has 1 aromatic carbocycles. The summed E-state index contributed by atoms with van der Waals surface area (Å²) in [5.41, 5.74) is 1.63. The van der Waals surface area contributed by atoms with Crippen LogP contribution in [0.25, 0.3) is 0 Å². The first-order chi connectivity index (χ1) is 9.80. The second kappa shape index (κ2) is 6.29. The summed E-state index contributed by atoms with van der Waals surface area (Å²) in [5, 5.41) is 5.06. The van der Waals surface area contributed by atoms with Gasteiger partial charge in [-0.2, -0.15) is 8.78 Å². The van der Waals surface area contributed by atoms with Gasteiger partial charge in [-0.25, -0.2) is 8.42 Å². The van der Waals surface area contributed by atoms with Crippen LogP contribution in [0.5, 0.6) is 0 Å². The van der Waals surface area contributed by atoms with Crippen LogP contribution in [0.4, 0.5) is 14.5 Å². The molecule has 1 N–H and O–H groups in total. The first kappa shape index (κ1) is 16.2. The average molecular weight is 352 g/mol. The van der Waals surface area contributed by atoms with Gasteiger partial charge in [0.05, 0.1) is 9.23 Å². The standard InChI is InChI=1S/C13H12ClF2NO2S2/c1-8(9-6-12(14)20-7-9)17-10-2-4-11(5-3-10)21(18,19)13(15)16/h2-8,13,17H,1H3. The zero-order valence-corrected chi connectivity index (χ0v) is 13.3. The summed E-state index contributed by atoms with van der Waals surface area (Å²) in [5.74, 6) is -3.41. The fourth-order valence-corrected chi connectivity index (χ4v) is 3.43. The largest absolute Gasteiger partial charge is 0.378 e. The number of thiophene rings is 1. The smallest absolute Gasteiger partial charge is 0.341 e. The monoisotopic (exact) mass is 351 g/mol. The fraction of sp³-hybridized carbons (Fsp3) is 0.231. The molecular formula is C13H12ClF2NO2S2. The predicted molar refractivity (Wildman–Crippen MR) is 81.0 cm³/mol. The van der Waals surface area contributed by atoms with Crippen molar-refractivity contribution in [3.8, 4) is 0 Å². The predicted octanol–water partition coefficient (Wildman–Crippen LogP) is 4.57. The Morgan fingerprint density at radius 2 is 1.86 bits per heavy atom. The molecule has 1 atom stereocenters. The number of benzene rings is 1. The van der Waals surface area contributed by atoms with Gasteiger partial charge in [-0.05, 0) is 48.2 Å². The second-order valence-electron chi connectivity index (χ2n) is 4.38. The molecule has 0 spiro atoms. The Morgan fingerprint density at radius 3 is 2.33 bits per heavy atom. The van der Waals surface area contributed by atoms with Gasteiger partial charge in [-0.15, -0.1) is 11.3 Å². The molecule has 8 heteroatoms. The minimum atomic E-state index is -4.55. The lowest BCUT2D eigenvalue weighted by molar-refractivity contribution is 0.234. The van der Waals surface area contributed by atoms with Crippen LogP contribution in [0.3, 0.4) is 0 Å². The van der Waals surface area contributed by atoms with E-state index < -0.39 is 20.5 Å². The van der Waals surface area contributed by atoms with Crippen LogP contribution in [0.1, 0.15) is 18.5 Å². The van der Waals surface area contributed by atoms with E-state index in [1.54, 1.807) is 0 Å². The molecule has 21 heavy (non-hydrogen) atoms. The van der Waals surface area contributed by atoms with Crippen LogP contribution in [-0.2, 0) is 9.84 Å². The van der Waals surface area contributed by atoms with E-state index in [4.69, 9.17) is 11.6 Å². The molecule has 1 heterocycles. The lowest BCUT2D eigenvalue weighted by Gasteiger charge is -2.14. The molecule has 0 aliphatic carbocycles. The third kappa shape index (κ3) is 3.72. The SMILES string of the molecule is CC(Nc1ccc(S(=O)(=O)C(F)F)cc1)c1csc(Cl)c1. The molecule has 0 fully saturated rings. The first-order valence-electron chi connectivity index (χ1n) is 5.93. The number of halogens is 3. The van der Waals surface area contributed by atoms with E-state index in [0.29, 0.717) is 10.0 Å². The highest BCUT2D eigenvalue weighted by Crippen LogP contribution is 2.27. The van der Waals surface area contributed by atoms with Gasteiger partial charge < -0.3 is 5.32 Å². The van der Waals surface area contributed by atoms with Crippen LogP contribution in [0.2, 0.25) is 4.34 Å². The van der Waals surface area contributed by atoms with Crippen molar-refractivity contribution in [2.75, 3.05) is 5.32 Å². The van der Waals surface area contributed by atoms with Crippen molar-refractivity contribution >= 4 is 38.5 Å². The maximum atomic E-state index is 12.4. The van der Waals surface area contributed by atoms with Crippen LogP contribution < -0.4 is 5.32 Å². The molecule has 0 saturated carbocycles. The van der Waals surface area contributed by atoms with E-state index in [1.165, 1.54) is 23.5 Å². The third-order valence-electron chi connectivity index (χ3n) is 2.89. The van der Waals surface area contributed by atoms with E-state index in [0.717, 1.165) is 17.7 Å². The minimum Gasteiger partial charge on any atom is -0.378 e. The van der Waals surface area contributed by atoms with E-state index in [2.05, 4.69) is 5.32 Å². The summed E-state index contributed by atoms with van der Waals surface area (Å²) in [6.45, 7) is 1.92. The first-order valence-corrected chi connectivity index (χ1v) is 8.73. The van der Waals surface area contributed by atoms with Crippen LogP contribution in [0.15, 0.2) is 40.6 Å². The van der Waals surface area contributed by atoms with Gasteiger partial charge in [0.2, 0.25) is 9.84 Å². The number of sulfone groups is 1. The summed E-state index contributed by atoms with van der Waals surface area (Å²) in [4.78, 5) is -0.394. The highest BCUT2D eigenvalue weighted by atomic mass is 35.5. The van der Waals surface area contributed by atoms with Gasteiger partial charge in [-0.3, -0.25) is 0 Å². The van der Waals surface area contributed by atoms with Crippen molar-refractivity contribution in [3.63, 3.8) is 0 Å². The number of anilines is 1. The Bertz CT molecular complexity index is 714. The van der Waals surface area contributed by atoms with E-state index in [9.17, 15) is 17.2 Å². The van der Waals surface area contributed by atoms with Gasteiger partial charge in [0, 0.05) is 11.7 Å². The molecule has 3 nitrogen and oxygen atoms in total. The molecule has 0 saturated heterocycles. The molecular weight excluding hydrogens is 340 g/mol. The molecule has 2 rings (SSSR count). The Morgan fingerprint density at radius 1 is 1.24 bits per heavy atom. The van der Waals surface area contributed by atoms with Crippen molar-refractivity contribution in [1.82, 2.24) is 0 Å².